The highest BCUT2D eigenvalue weighted by Gasteiger charge is 2.44. The van der Waals surface area contributed by atoms with Crippen molar-refractivity contribution in [3.8, 4) is 0 Å². The first-order valence-electron chi connectivity index (χ1n) is 4.06. The van der Waals surface area contributed by atoms with E-state index in [0.717, 1.165) is 0 Å². The first-order valence-corrected chi connectivity index (χ1v) is 4.06. The van der Waals surface area contributed by atoms with Gasteiger partial charge in [0.05, 0.1) is 6.10 Å². The van der Waals surface area contributed by atoms with Gasteiger partial charge in [0.2, 0.25) is 0 Å². The maximum Gasteiger partial charge on any atom is 0.0583 e. The van der Waals surface area contributed by atoms with Crippen LogP contribution in [0.25, 0.3) is 0 Å². The molecule has 1 N–H and O–H groups in total. The van der Waals surface area contributed by atoms with Gasteiger partial charge in [-0.2, -0.15) is 0 Å². The Hall–Kier alpha value is -0.300. The first kappa shape index (κ1) is 7.80. The Morgan fingerprint density at radius 3 is 2.40 bits per heavy atom. The van der Waals surface area contributed by atoms with E-state index in [0.29, 0.717) is 11.8 Å². The maximum atomic E-state index is 9.25. The fourth-order valence-electron chi connectivity index (χ4n) is 1.87. The van der Waals surface area contributed by atoms with E-state index in [2.05, 4.69) is 19.9 Å². The maximum absolute atomic E-state index is 9.25. The Kier molecular flexibility index (Phi) is 2.14. The van der Waals surface area contributed by atoms with Gasteiger partial charge in [-0.25, -0.2) is 0 Å². The molecule has 1 saturated carbocycles. The van der Waals surface area contributed by atoms with Gasteiger partial charge in [-0.05, 0) is 26.2 Å². The standard InChI is InChI=1S/C9H16O/c1-4-7-8(5-2)9(7)6(3)10/h4,6,8-10H,5H2,1-3H3/b7-4-/t6-,8-,9-/m0/s1. The van der Waals surface area contributed by atoms with Crippen LogP contribution in [0.2, 0.25) is 0 Å². The van der Waals surface area contributed by atoms with Crippen LogP contribution in [0.15, 0.2) is 11.6 Å². The number of aliphatic hydroxyl groups excluding tert-OH is 1. The van der Waals surface area contributed by atoms with Crippen molar-refractivity contribution in [2.24, 2.45) is 11.8 Å². The van der Waals surface area contributed by atoms with E-state index < -0.39 is 0 Å². The van der Waals surface area contributed by atoms with Gasteiger partial charge in [0.15, 0.2) is 0 Å². The fraction of sp³-hybridized carbons (Fsp3) is 0.778. The quantitative estimate of drug-likeness (QED) is 0.581. The second-order valence-electron chi connectivity index (χ2n) is 3.07. The SMILES string of the molecule is C/C=C1\[C@H]([C@H](C)O)[C@H]1CC. The molecular formula is C9H16O. The molecule has 1 aliphatic carbocycles. The molecule has 0 radical (unpaired) electrons. The average Bonchev–Trinajstić information content (AvgIpc) is 2.60. The Morgan fingerprint density at radius 2 is 2.30 bits per heavy atom. The normalized spacial score (nSPS) is 38.2. The minimum Gasteiger partial charge on any atom is -0.393 e. The van der Waals surface area contributed by atoms with Crippen molar-refractivity contribution < 1.29 is 5.11 Å². The fourth-order valence-corrected chi connectivity index (χ4v) is 1.87. The lowest BCUT2D eigenvalue weighted by Crippen LogP contribution is -2.03. The molecule has 0 aromatic carbocycles. The summed E-state index contributed by atoms with van der Waals surface area (Å²) in [6.45, 7) is 6.11. The van der Waals surface area contributed by atoms with Gasteiger partial charge in [-0.15, -0.1) is 0 Å². The predicted molar refractivity (Wildman–Crippen MR) is 42.7 cm³/mol. The Bertz CT molecular complexity index is 147. The summed E-state index contributed by atoms with van der Waals surface area (Å²) in [4.78, 5) is 0. The van der Waals surface area contributed by atoms with E-state index in [9.17, 15) is 5.11 Å². The highest BCUT2D eigenvalue weighted by atomic mass is 16.3. The van der Waals surface area contributed by atoms with Crippen LogP contribution in [-0.2, 0) is 0 Å². The van der Waals surface area contributed by atoms with E-state index in [1.807, 2.05) is 6.92 Å². The van der Waals surface area contributed by atoms with Crippen molar-refractivity contribution in [2.75, 3.05) is 0 Å². The largest absolute Gasteiger partial charge is 0.393 e. The number of rotatable bonds is 2. The molecule has 1 nitrogen and oxygen atoms in total. The van der Waals surface area contributed by atoms with Gasteiger partial charge in [-0.1, -0.05) is 18.6 Å². The van der Waals surface area contributed by atoms with Gasteiger partial charge in [0.1, 0.15) is 0 Å². The smallest absolute Gasteiger partial charge is 0.0583 e. The number of allylic oxidation sites excluding steroid dienone is 1. The van der Waals surface area contributed by atoms with Crippen LogP contribution in [0.1, 0.15) is 27.2 Å². The molecule has 1 rings (SSSR count). The lowest BCUT2D eigenvalue weighted by molar-refractivity contribution is 0.167. The topological polar surface area (TPSA) is 20.2 Å². The Morgan fingerprint density at radius 1 is 1.70 bits per heavy atom. The molecule has 58 valence electrons. The molecule has 0 saturated heterocycles. The Balaban J connectivity index is 2.53. The van der Waals surface area contributed by atoms with Gasteiger partial charge in [0, 0.05) is 5.92 Å². The van der Waals surface area contributed by atoms with Gasteiger partial charge < -0.3 is 5.11 Å². The van der Waals surface area contributed by atoms with Crippen molar-refractivity contribution in [1.29, 1.82) is 0 Å². The third kappa shape index (κ3) is 1.10. The van der Waals surface area contributed by atoms with Gasteiger partial charge in [0.25, 0.3) is 0 Å². The summed E-state index contributed by atoms with van der Waals surface area (Å²) in [7, 11) is 0. The summed E-state index contributed by atoms with van der Waals surface area (Å²) in [6, 6.07) is 0. The monoisotopic (exact) mass is 140 g/mol. The number of hydrogen-bond donors (Lipinski definition) is 1. The van der Waals surface area contributed by atoms with Crippen LogP contribution in [0, 0.1) is 11.8 Å². The highest BCUT2D eigenvalue weighted by molar-refractivity contribution is 5.30. The highest BCUT2D eigenvalue weighted by Crippen LogP contribution is 2.49. The summed E-state index contributed by atoms with van der Waals surface area (Å²) >= 11 is 0. The second kappa shape index (κ2) is 2.75. The molecular weight excluding hydrogens is 124 g/mol. The minimum absolute atomic E-state index is 0.142. The van der Waals surface area contributed by atoms with E-state index in [1.165, 1.54) is 12.0 Å². The molecule has 1 aliphatic rings. The molecule has 0 aromatic rings. The summed E-state index contributed by atoms with van der Waals surface area (Å²) in [5, 5.41) is 9.25. The first-order chi connectivity index (χ1) is 4.72. The van der Waals surface area contributed by atoms with E-state index in [-0.39, 0.29) is 6.10 Å². The molecule has 1 heteroatoms. The Labute approximate surface area is 62.8 Å². The summed E-state index contributed by atoms with van der Waals surface area (Å²) in [5.74, 6) is 1.17. The van der Waals surface area contributed by atoms with E-state index in [4.69, 9.17) is 0 Å². The average molecular weight is 140 g/mol. The molecule has 0 spiro atoms. The summed E-state index contributed by atoms with van der Waals surface area (Å²) in [6.07, 6.45) is 3.18. The third-order valence-corrected chi connectivity index (χ3v) is 2.43. The zero-order chi connectivity index (χ0) is 7.72. The van der Waals surface area contributed by atoms with Crippen LogP contribution in [0.5, 0.6) is 0 Å². The van der Waals surface area contributed by atoms with Crippen molar-refractivity contribution >= 4 is 0 Å². The van der Waals surface area contributed by atoms with Crippen LogP contribution in [-0.4, -0.2) is 11.2 Å². The molecule has 1 fully saturated rings. The van der Waals surface area contributed by atoms with Gasteiger partial charge >= 0.3 is 0 Å². The molecule has 0 unspecified atom stereocenters. The molecule has 0 amide bonds. The minimum atomic E-state index is -0.142. The van der Waals surface area contributed by atoms with Crippen molar-refractivity contribution in [1.82, 2.24) is 0 Å². The molecule has 0 heterocycles. The second-order valence-corrected chi connectivity index (χ2v) is 3.07. The van der Waals surface area contributed by atoms with Crippen molar-refractivity contribution in [3.63, 3.8) is 0 Å². The summed E-state index contributed by atoms with van der Waals surface area (Å²) < 4.78 is 0. The zero-order valence-corrected chi connectivity index (χ0v) is 6.96. The van der Waals surface area contributed by atoms with Crippen LogP contribution in [0.4, 0.5) is 0 Å². The van der Waals surface area contributed by atoms with Crippen molar-refractivity contribution in [3.05, 3.63) is 11.6 Å². The molecule has 0 bridgehead atoms. The van der Waals surface area contributed by atoms with Crippen LogP contribution >= 0.6 is 0 Å². The van der Waals surface area contributed by atoms with Crippen molar-refractivity contribution in [2.45, 2.75) is 33.3 Å². The zero-order valence-electron chi connectivity index (χ0n) is 6.96. The molecule has 10 heavy (non-hydrogen) atoms. The number of aliphatic hydroxyl groups is 1. The number of hydrogen-bond acceptors (Lipinski definition) is 1. The summed E-state index contributed by atoms with van der Waals surface area (Å²) in [5.41, 5.74) is 1.46. The van der Waals surface area contributed by atoms with E-state index >= 15 is 0 Å². The van der Waals surface area contributed by atoms with E-state index in [1.54, 1.807) is 0 Å². The predicted octanol–water partition coefficient (Wildman–Crippen LogP) is 1.97. The third-order valence-electron chi connectivity index (χ3n) is 2.43. The van der Waals surface area contributed by atoms with Crippen LogP contribution < -0.4 is 0 Å². The molecule has 3 atom stereocenters. The molecule has 0 aromatic heterocycles. The van der Waals surface area contributed by atoms with Gasteiger partial charge in [-0.3, -0.25) is 0 Å². The lowest BCUT2D eigenvalue weighted by atomic mass is 10.2. The van der Waals surface area contributed by atoms with Crippen LogP contribution in [0.3, 0.4) is 0 Å². The molecule has 0 aliphatic heterocycles. The lowest BCUT2D eigenvalue weighted by Gasteiger charge is -1.97.